The van der Waals surface area contributed by atoms with Crippen LogP contribution in [0, 0.1) is 5.92 Å². The highest BCUT2D eigenvalue weighted by Crippen LogP contribution is 2.31. The van der Waals surface area contributed by atoms with E-state index in [1.165, 1.54) is 19.3 Å². The zero-order valence-electron chi connectivity index (χ0n) is 9.58. The maximum absolute atomic E-state index is 5.94. The Labute approximate surface area is 105 Å². The van der Waals surface area contributed by atoms with Crippen molar-refractivity contribution in [1.29, 1.82) is 0 Å². The van der Waals surface area contributed by atoms with Crippen molar-refractivity contribution in [3.8, 4) is 5.75 Å². The zero-order chi connectivity index (χ0) is 11.5. The van der Waals surface area contributed by atoms with Crippen LogP contribution in [0.3, 0.4) is 0 Å². The number of ether oxygens (including phenoxy) is 1. The molecule has 0 amide bonds. The molecule has 1 aromatic rings. The van der Waals surface area contributed by atoms with E-state index in [1.807, 2.05) is 25.1 Å². The Morgan fingerprint density at radius 2 is 2.25 bits per heavy atom. The molecule has 88 valence electrons. The molecule has 0 saturated heterocycles. The first-order valence-electron chi connectivity index (χ1n) is 5.84. The van der Waals surface area contributed by atoms with Crippen molar-refractivity contribution in [3.05, 3.63) is 28.2 Å². The fraction of sp³-hybridized carbons (Fsp3) is 0.538. The Kier molecular flexibility index (Phi) is 3.87. The van der Waals surface area contributed by atoms with Gasteiger partial charge in [0.1, 0.15) is 5.75 Å². The van der Waals surface area contributed by atoms with Gasteiger partial charge in [0.05, 0.1) is 6.61 Å². The van der Waals surface area contributed by atoms with Crippen LogP contribution in [0.2, 0.25) is 0 Å². The molecule has 2 nitrogen and oxygen atoms in total. The highest BCUT2D eigenvalue weighted by atomic mass is 79.9. The second kappa shape index (κ2) is 5.19. The van der Waals surface area contributed by atoms with Crippen molar-refractivity contribution in [2.75, 3.05) is 6.61 Å². The van der Waals surface area contributed by atoms with Crippen LogP contribution in [0.25, 0.3) is 0 Å². The molecule has 0 aliphatic heterocycles. The van der Waals surface area contributed by atoms with E-state index in [0.717, 1.165) is 28.3 Å². The van der Waals surface area contributed by atoms with E-state index in [9.17, 15) is 0 Å². The van der Waals surface area contributed by atoms with Crippen LogP contribution in [0.5, 0.6) is 5.75 Å². The fourth-order valence-corrected chi connectivity index (χ4v) is 2.25. The van der Waals surface area contributed by atoms with E-state index in [-0.39, 0.29) is 6.04 Å². The van der Waals surface area contributed by atoms with Gasteiger partial charge < -0.3 is 10.5 Å². The Balaban J connectivity index is 2.05. The van der Waals surface area contributed by atoms with Crippen molar-refractivity contribution in [3.63, 3.8) is 0 Å². The Bertz CT molecular complexity index is 361. The van der Waals surface area contributed by atoms with Gasteiger partial charge in [-0.25, -0.2) is 0 Å². The van der Waals surface area contributed by atoms with E-state index in [1.54, 1.807) is 0 Å². The average Bonchev–Trinajstić information content (AvgIpc) is 2.17. The van der Waals surface area contributed by atoms with Crippen LogP contribution in [0.4, 0.5) is 0 Å². The molecule has 2 rings (SSSR count). The monoisotopic (exact) mass is 283 g/mol. The molecule has 0 spiro atoms. The number of rotatable bonds is 4. The van der Waals surface area contributed by atoms with Gasteiger partial charge in [0, 0.05) is 16.1 Å². The predicted molar refractivity (Wildman–Crippen MR) is 69.6 cm³/mol. The molecule has 1 aromatic carbocycles. The fourth-order valence-electron chi connectivity index (χ4n) is 1.87. The summed E-state index contributed by atoms with van der Waals surface area (Å²) in [5.41, 5.74) is 7.01. The van der Waals surface area contributed by atoms with Crippen LogP contribution in [-0.4, -0.2) is 6.61 Å². The predicted octanol–water partition coefficient (Wildman–Crippen LogP) is 3.65. The topological polar surface area (TPSA) is 35.2 Å². The Morgan fingerprint density at radius 1 is 1.50 bits per heavy atom. The van der Waals surface area contributed by atoms with Crippen LogP contribution in [0.15, 0.2) is 22.7 Å². The first-order chi connectivity index (χ1) is 7.66. The van der Waals surface area contributed by atoms with E-state index in [2.05, 4.69) is 15.9 Å². The largest absolute Gasteiger partial charge is 0.493 e. The molecule has 1 fully saturated rings. The summed E-state index contributed by atoms with van der Waals surface area (Å²) >= 11 is 3.46. The maximum Gasteiger partial charge on any atom is 0.124 e. The minimum absolute atomic E-state index is 0.00823. The highest BCUT2D eigenvalue weighted by Gasteiger charge is 2.19. The van der Waals surface area contributed by atoms with Crippen molar-refractivity contribution in [2.45, 2.75) is 32.2 Å². The second-order valence-electron chi connectivity index (χ2n) is 4.58. The molecule has 3 heteroatoms. The lowest BCUT2D eigenvalue weighted by atomic mass is 9.86. The summed E-state index contributed by atoms with van der Waals surface area (Å²) < 4.78 is 6.91. The molecule has 1 saturated carbocycles. The molecule has 0 bridgehead atoms. The van der Waals surface area contributed by atoms with Gasteiger partial charge in [0.2, 0.25) is 0 Å². The molecule has 0 unspecified atom stereocenters. The van der Waals surface area contributed by atoms with Crippen molar-refractivity contribution >= 4 is 15.9 Å². The van der Waals surface area contributed by atoms with Gasteiger partial charge in [0.15, 0.2) is 0 Å². The molecule has 1 atom stereocenters. The van der Waals surface area contributed by atoms with Gasteiger partial charge in [-0.2, -0.15) is 0 Å². The maximum atomic E-state index is 5.94. The van der Waals surface area contributed by atoms with Gasteiger partial charge in [-0.3, -0.25) is 0 Å². The van der Waals surface area contributed by atoms with Crippen molar-refractivity contribution < 1.29 is 4.74 Å². The Morgan fingerprint density at radius 3 is 2.81 bits per heavy atom. The van der Waals surface area contributed by atoms with Crippen LogP contribution in [0.1, 0.15) is 37.8 Å². The Hall–Kier alpha value is -0.540. The molecule has 2 N–H and O–H groups in total. The lowest BCUT2D eigenvalue weighted by molar-refractivity contribution is 0.179. The summed E-state index contributed by atoms with van der Waals surface area (Å²) in [5.74, 6) is 1.69. The minimum atomic E-state index is 0.00823. The van der Waals surface area contributed by atoms with E-state index in [4.69, 9.17) is 10.5 Å². The van der Waals surface area contributed by atoms with Crippen molar-refractivity contribution in [1.82, 2.24) is 0 Å². The van der Waals surface area contributed by atoms with Gasteiger partial charge in [-0.05, 0) is 43.9 Å². The van der Waals surface area contributed by atoms with Crippen LogP contribution >= 0.6 is 15.9 Å². The van der Waals surface area contributed by atoms with Gasteiger partial charge in [0.25, 0.3) is 0 Å². The quantitative estimate of drug-likeness (QED) is 0.916. The standard InChI is InChI=1S/C13H18BrNO/c1-9(15)12-7-11(14)5-6-13(12)16-8-10-3-2-4-10/h5-7,9-10H,2-4,8,15H2,1H3/t9-/m0/s1. The summed E-state index contributed by atoms with van der Waals surface area (Å²) in [7, 11) is 0. The van der Waals surface area contributed by atoms with Gasteiger partial charge in [-0.15, -0.1) is 0 Å². The van der Waals surface area contributed by atoms with E-state index < -0.39 is 0 Å². The van der Waals surface area contributed by atoms with Crippen molar-refractivity contribution in [2.24, 2.45) is 11.7 Å². The van der Waals surface area contributed by atoms with Gasteiger partial charge in [-0.1, -0.05) is 22.4 Å². The lowest BCUT2D eigenvalue weighted by Crippen LogP contribution is -2.20. The number of halogens is 1. The first-order valence-corrected chi connectivity index (χ1v) is 6.64. The zero-order valence-corrected chi connectivity index (χ0v) is 11.2. The highest BCUT2D eigenvalue weighted by molar-refractivity contribution is 9.10. The average molecular weight is 284 g/mol. The molecular formula is C13H18BrNO. The minimum Gasteiger partial charge on any atom is -0.493 e. The van der Waals surface area contributed by atoms with Crippen LogP contribution < -0.4 is 10.5 Å². The molecule has 0 heterocycles. The number of benzene rings is 1. The van der Waals surface area contributed by atoms with Crippen LogP contribution in [-0.2, 0) is 0 Å². The molecule has 1 aliphatic carbocycles. The summed E-state index contributed by atoms with van der Waals surface area (Å²) in [6.07, 6.45) is 3.97. The molecule has 0 aromatic heterocycles. The van der Waals surface area contributed by atoms with Gasteiger partial charge >= 0.3 is 0 Å². The normalized spacial score (nSPS) is 17.9. The third kappa shape index (κ3) is 2.77. The first kappa shape index (κ1) is 11.9. The molecule has 1 aliphatic rings. The summed E-state index contributed by atoms with van der Waals surface area (Å²) in [5, 5.41) is 0. The summed E-state index contributed by atoms with van der Waals surface area (Å²) in [4.78, 5) is 0. The lowest BCUT2D eigenvalue weighted by Gasteiger charge is -2.26. The summed E-state index contributed by atoms with van der Waals surface area (Å²) in [6.45, 7) is 2.82. The smallest absolute Gasteiger partial charge is 0.124 e. The molecule has 16 heavy (non-hydrogen) atoms. The SMILES string of the molecule is C[C@H](N)c1cc(Br)ccc1OCC1CCC1. The number of hydrogen-bond donors (Lipinski definition) is 1. The second-order valence-corrected chi connectivity index (χ2v) is 5.49. The molecule has 0 radical (unpaired) electrons. The third-order valence-corrected chi connectivity index (χ3v) is 3.65. The summed E-state index contributed by atoms with van der Waals surface area (Å²) in [6, 6.07) is 6.05. The number of nitrogens with two attached hydrogens (primary N) is 1. The third-order valence-electron chi connectivity index (χ3n) is 3.16. The number of hydrogen-bond acceptors (Lipinski definition) is 2. The molecular weight excluding hydrogens is 266 g/mol. The van der Waals surface area contributed by atoms with E-state index in [0.29, 0.717) is 0 Å². The van der Waals surface area contributed by atoms with E-state index >= 15 is 0 Å².